The summed E-state index contributed by atoms with van der Waals surface area (Å²) in [6, 6.07) is 7.51. The number of piperidine rings is 1. The minimum Gasteiger partial charge on any atom is -0.441 e. The zero-order valence-corrected chi connectivity index (χ0v) is 13.4. The first-order chi connectivity index (χ1) is 11.1. The highest BCUT2D eigenvalue weighted by Gasteiger charge is 2.39. The third-order valence-electron chi connectivity index (χ3n) is 4.26. The van der Waals surface area contributed by atoms with E-state index in [9.17, 15) is 4.79 Å². The number of amides is 1. The predicted octanol–water partition coefficient (Wildman–Crippen LogP) is 2.36. The number of carbonyl (C=O) groups excluding carboxylic acids is 1. The minimum atomic E-state index is -0.744. The van der Waals surface area contributed by atoms with Crippen molar-refractivity contribution in [3.63, 3.8) is 0 Å². The summed E-state index contributed by atoms with van der Waals surface area (Å²) >= 11 is 0. The Morgan fingerprint density at radius 3 is 2.57 bits per heavy atom. The largest absolute Gasteiger partial charge is 0.441 e. The summed E-state index contributed by atoms with van der Waals surface area (Å²) in [6.45, 7) is 3.37. The summed E-state index contributed by atoms with van der Waals surface area (Å²) < 4.78 is 11.0. The van der Waals surface area contributed by atoms with Crippen LogP contribution >= 0.6 is 0 Å². The van der Waals surface area contributed by atoms with Crippen LogP contribution in [-0.4, -0.2) is 36.7 Å². The van der Waals surface area contributed by atoms with Crippen LogP contribution in [0.25, 0.3) is 11.3 Å². The number of anilines is 1. The Morgan fingerprint density at radius 2 is 2.00 bits per heavy atom. The lowest BCUT2D eigenvalue weighted by Gasteiger charge is -2.34. The van der Waals surface area contributed by atoms with Crippen molar-refractivity contribution in [2.75, 3.05) is 25.5 Å². The Bertz CT molecular complexity index is 673. The van der Waals surface area contributed by atoms with Crippen LogP contribution in [0.15, 0.2) is 34.9 Å². The average Bonchev–Trinajstić information content (AvgIpc) is 3.02. The third kappa shape index (κ3) is 3.28. The fourth-order valence-corrected chi connectivity index (χ4v) is 2.81. The maximum absolute atomic E-state index is 12.6. The van der Waals surface area contributed by atoms with E-state index >= 15 is 0 Å². The molecule has 2 heterocycles. The van der Waals surface area contributed by atoms with Gasteiger partial charge in [-0.2, -0.15) is 0 Å². The third-order valence-corrected chi connectivity index (χ3v) is 4.26. The molecule has 6 heteroatoms. The molecule has 0 saturated carbocycles. The molecule has 1 aliphatic heterocycles. The molecule has 0 bridgehead atoms. The number of aromatic nitrogens is 1. The number of methoxy groups -OCH3 is 1. The van der Waals surface area contributed by atoms with Gasteiger partial charge in [0.2, 0.25) is 0 Å². The number of benzene rings is 1. The fourth-order valence-electron chi connectivity index (χ4n) is 2.81. The van der Waals surface area contributed by atoms with Gasteiger partial charge >= 0.3 is 0 Å². The molecule has 0 radical (unpaired) electrons. The molecule has 0 unspecified atom stereocenters. The number of nitrogens with one attached hydrogen (secondary N) is 2. The van der Waals surface area contributed by atoms with E-state index in [1.807, 2.05) is 24.3 Å². The molecular formula is C17H21N3O3. The van der Waals surface area contributed by atoms with Crippen LogP contribution < -0.4 is 10.6 Å². The molecule has 6 nitrogen and oxygen atoms in total. The van der Waals surface area contributed by atoms with Gasteiger partial charge < -0.3 is 19.8 Å². The zero-order valence-electron chi connectivity index (χ0n) is 13.4. The topological polar surface area (TPSA) is 76.4 Å². The highest BCUT2D eigenvalue weighted by atomic mass is 16.5. The van der Waals surface area contributed by atoms with Crippen molar-refractivity contribution in [3.05, 3.63) is 36.4 Å². The molecule has 1 aromatic heterocycles. The van der Waals surface area contributed by atoms with E-state index in [1.165, 1.54) is 0 Å². The Hall–Kier alpha value is -2.18. The van der Waals surface area contributed by atoms with E-state index in [2.05, 4.69) is 15.6 Å². The molecule has 3 rings (SSSR count). The van der Waals surface area contributed by atoms with Gasteiger partial charge in [-0.1, -0.05) is 0 Å². The van der Waals surface area contributed by atoms with Crippen LogP contribution in [0.2, 0.25) is 0 Å². The molecular weight excluding hydrogens is 294 g/mol. The van der Waals surface area contributed by atoms with Crippen LogP contribution in [0.5, 0.6) is 0 Å². The number of carbonyl (C=O) groups is 1. The summed E-state index contributed by atoms with van der Waals surface area (Å²) in [6.07, 6.45) is 3.04. The molecule has 1 saturated heterocycles. The van der Waals surface area contributed by atoms with Crippen molar-refractivity contribution in [2.24, 2.45) is 0 Å². The number of hydrogen-bond donors (Lipinski definition) is 2. The summed E-state index contributed by atoms with van der Waals surface area (Å²) in [4.78, 5) is 16.7. The molecule has 0 spiro atoms. The van der Waals surface area contributed by atoms with Gasteiger partial charge in [-0.15, -0.1) is 0 Å². The molecule has 1 aromatic carbocycles. The Morgan fingerprint density at radius 1 is 1.30 bits per heavy atom. The van der Waals surface area contributed by atoms with Crippen molar-refractivity contribution in [3.8, 4) is 11.3 Å². The average molecular weight is 315 g/mol. The maximum atomic E-state index is 12.6. The predicted molar refractivity (Wildman–Crippen MR) is 87.1 cm³/mol. The minimum absolute atomic E-state index is 0.0928. The van der Waals surface area contributed by atoms with Gasteiger partial charge in [0.1, 0.15) is 5.60 Å². The summed E-state index contributed by atoms with van der Waals surface area (Å²) in [5.41, 5.74) is 0.920. The van der Waals surface area contributed by atoms with Gasteiger partial charge in [-0.05, 0) is 50.2 Å². The second-order valence-corrected chi connectivity index (χ2v) is 5.72. The van der Waals surface area contributed by atoms with E-state index in [4.69, 9.17) is 9.15 Å². The molecule has 1 amide bonds. The van der Waals surface area contributed by atoms with Gasteiger partial charge in [0.15, 0.2) is 11.7 Å². The smallest absolute Gasteiger partial charge is 0.256 e. The quantitative estimate of drug-likeness (QED) is 0.906. The first-order valence-corrected chi connectivity index (χ1v) is 7.73. The first-order valence-electron chi connectivity index (χ1n) is 7.73. The SMILES string of the molecule is COC1(C(=O)Nc2ccc(-c3cnc(C)o3)cc2)CCNCC1. The lowest BCUT2D eigenvalue weighted by atomic mass is 9.91. The summed E-state index contributed by atoms with van der Waals surface area (Å²) in [5, 5.41) is 6.19. The van der Waals surface area contributed by atoms with Crippen molar-refractivity contribution in [1.82, 2.24) is 10.3 Å². The molecule has 2 N–H and O–H groups in total. The molecule has 2 aromatic rings. The van der Waals surface area contributed by atoms with E-state index in [0.29, 0.717) is 24.5 Å². The second kappa shape index (κ2) is 6.52. The van der Waals surface area contributed by atoms with Gasteiger partial charge in [0, 0.05) is 25.3 Å². The van der Waals surface area contributed by atoms with Gasteiger partial charge in [0.25, 0.3) is 5.91 Å². The molecule has 1 aliphatic rings. The summed E-state index contributed by atoms with van der Waals surface area (Å²) in [5.74, 6) is 1.25. The van der Waals surface area contributed by atoms with Crippen LogP contribution in [0.3, 0.4) is 0 Å². The lowest BCUT2D eigenvalue weighted by molar-refractivity contribution is -0.140. The van der Waals surface area contributed by atoms with Crippen LogP contribution in [-0.2, 0) is 9.53 Å². The zero-order chi connectivity index (χ0) is 16.3. The molecule has 23 heavy (non-hydrogen) atoms. The normalized spacial score (nSPS) is 17.0. The van der Waals surface area contributed by atoms with Gasteiger partial charge in [0.05, 0.1) is 6.20 Å². The number of hydrogen-bond acceptors (Lipinski definition) is 5. The number of aryl methyl sites for hydroxylation is 1. The summed E-state index contributed by atoms with van der Waals surface area (Å²) in [7, 11) is 1.60. The maximum Gasteiger partial charge on any atom is 0.256 e. The van der Waals surface area contributed by atoms with Crippen molar-refractivity contribution in [1.29, 1.82) is 0 Å². The highest BCUT2D eigenvalue weighted by molar-refractivity contribution is 5.97. The monoisotopic (exact) mass is 315 g/mol. The Balaban J connectivity index is 1.71. The molecule has 0 atom stereocenters. The fraction of sp³-hybridized carbons (Fsp3) is 0.412. The van der Waals surface area contributed by atoms with Crippen molar-refractivity contribution >= 4 is 11.6 Å². The highest BCUT2D eigenvalue weighted by Crippen LogP contribution is 2.26. The van der Waals surface area contributed by atoms with Gasteiger partial charge in [-0.25, -0.2) is 4.98 Å². The number of rotatable bonds is 4. The lowest BCUT2D eigenvalue weighted by Crippen LogP contribution is -2.51. The number of oxazole rings is 1. The second-order valence-electron chi connectivity index (χ2n) is 5.72. The molecule has 0 aliphatic carbocycles. The van der Waals surface area contributed by atoms with E-state index in [0.717, 1.165) is 24.3 Å². The van der Waals surface area contributed by atoms with E-state index < -0.39 is 5.60 Å². The Kier molecular flexibility index (Phi) is 4.45. The first kappa shape index (κ1) is 15.7. The van der Waals surface area contributed by atoms with Crippen LogP contribution in [0.1, 0.15) is 18.7 Å². The van der Waals surface area contributed by atoms with Crippen molar-refractivity contribution in [2.45, 2.75) is 25.4 Å². The number of nitrogens with zero attached hydrogens (tertiary/aromatic N) is 1. The standard InChI is InChI=1S/C17H21N3O3/c1-12-19-11-15(23-12)13-3-5-14(6-4-13)20-16(21)17(22-2)7-9-18-10-8-17/h3-6,11,18H,7-10H2,1-2H3,(H,20,21). The molecule has 122 valence electrons. The number of ether oxygens (including phenoxy) is 1. The van der Waals surface area contributed by atoms with E-state index in [1.54, 1.807) is 20.2 Å². The Labute approximate surface area is 135 Å². The van der Waals surface area contributed by atoms with Crippen molar-refractivity contribution < 1.29 is 13.9 Å². The van der Waals surface area contributed by atoms with E-state index in [-0.39, 0.29) is 5.91 Å². The van der Waals surface area contributed by atoms with Crippen LogP contribution in [0, 0.1) is 6.92 Å². The van der Waals surface area contributed by atoms with Crippen LogP contribution in [0.4, 0.5) is 5.69 Å². The van der Waals surface area contributed by atoms with Gasteiger partial charge in [-0.3, -0.25) is 4.79 Å². The molecule has 1 fully saturated rings.